The van der Waals surface area contributed by atoms with Crippen LogP contribution in [0.25, 0.3) is 11.1 Å². The second-order valence-corrected chi connectivity index (χ2v) is 4.69. The fourth-order valence-corrected chi connectivity index (χ4v) is 2.08. The molecule has 1 atom stereocenters. The molecule has 0 aliphatic heterocycles. The van der Waals surface area contributed by atoms with E-state index in [2.05, 4.69) is 0 Å². The van der Waals surface area contributed by atoms with Crippen LogP contribution in [0.4, 0.5) is 4.39 Å². The van der Waals surface area contributed by atoms with Crippen molar-refractivity contribution < 1.29 is 14.3 Å². The summed E-state index contributed by atoms with van der Waals surface area (Å²) in [7, 11) is 0. The molecule has 2 aromatic carbocycles. The predicted molar refractivity (Wildman–Crippen MR) is 72.9 cm³/mol. The van der Waals surface area contributed by atoms with Crippen molar-refractivity contribution in [1.29, 1.82) is 0 Å². The molecule has 0 unspecified atom stereocenters. The van der Waals surface area contributed by atoms with Crippen molar-refractivity contribution >= 4 is 17.6 Å². The number of hydrogen-bond donors (Lipinski definition) is 1. The van der Waals surface area contributed by atoms with E-state index >= 15 is 0 Å². The Morgan fingerprint density at radius 3 is 2.47 bits per heavy atom. The molecule has 0 heterocycles. The van der Waals surface area contributed by atoms with E-state index in [9.17, 15) is 9.18 Å². The zero-order valence-electron chi connectivity index (χ0n) is 10.2. The number of rotatable bonds is 3. The monoisotopic (exact) mass is 278 g/mol. The molecule has 2 rings (SSSR count). The summed E-state index contributed by atoms with van der Waals surface area (Å²) < 4.78 is 14.1. The number of benzene rings is 2. The molecule has 0 radical (unpaired) electrons. The van der Waals surface area contributed by atoms with E-state index in [0.717, 1.165) is 0 Å². The molecule has 0 spiro atoms. The van der Waals surface area contributed by atoms with Crippen LogP contribution in [-0.4, -0.2) is 11.1 Å². The second kappa shape index (κ2) is 5.41. The van der Waals surface area contributed by atoms with Gasteiger partial charge in [-0.1, -0.05) is 41.9 Å². The third kappa shape index (κ3) is 2.76. The molecule has 4 heteroatoms. The van der Waals surface area contributed by atoms with Gasteiger partial charge in [0.25, 0.3) is 0 Å². The fourth-order valence-electron chi connectivity index (χ4n) is 1.84. The summed E-state index contributed by atoms with van der Waals surface area (Å²) in [5.41, 5.74) is 1.39. The number of carboxylic acid groups (broad SMARTS) is 1. The lowest BCUT2D eigenvalue weighted by Gasteiger charge is -2.10. The average molecular weight is 279 g/mol. The van der Waals surface area contributed by atoms with Crippen LogP contribution < -0.4 is 0 Å². The molecule has 19 heavy (non-hydrogen) atoms. The Bertz CT molecular complexity index is 625. The molecule has 0 bridgehead atoms. The highest BCUT2D eigenvalue weighted by Gasteiger charge is 2.16. The number of carbonyl (C=O) groups is 1. The molecular weight excluding hydrogens is 267 g/mol. The molecule has 1 N–H and O–H groups in total. The van der Waals surface area contributed by atoms with Crippen molar-refractivity contribution in [1.82, 2.24) is 0 Å². The number of aliphatic carboxylic acids is 1. The van der Waals surface area contributed by atoms with Crippen LogP contribution in [0.1, 0.15) is 18.4 Å². The van der Waals surface area contributed by atoms with Crippen LogP contribution in [0.15, 0.2) is 42.5 Å². The van der Waals surface area contributed by atoms with E-state index in [1.54, 1.807) is 36.4 Å². The van der Waals surface area contributed by atoms with E-state index in [4.69, 9.17) is 16.7 Å². The molecule has 2 nitrogen and oxygen atoms in total. The smallest absolute Gasteiger partial charge is 0.310 e. The second-order valence-electron chi connectivity index (χ2n) is 4.28. The normalized spacial score (nSPS) is 12.2. The lowest BCUT2D eigenvalue weighted by atomic mass is 9.97. The quantitative estimate of drug-likeness (QED) is 0.907. The summed E-state index contributed by atoms with van der Waals surface area (Å²) in [4.78, 5) is 10.9. The lowest BCUT2D eigenvalue weighted by Crippen LogP contribution is -2.07. The van der Waals surface area contributed by atoms with Crippen molar-refractivity contribution in [2.75, 3.05) is 0 Å². The Balaban J connectivity index is 2.46. The molecule has 2 aromatic rings. The third-order valence-corrected chi connectivity index (χ3v) is 3.36. The maximum Gasteiger partial charge on any atom is 0.310 e. The molecule has 0 aromatic heterocycles. The highest BCUT2D eigenvalue weighted by molar-refractivity contribution is 6.33. The fraction of sp³-hybridized carbons (Fsp3) is 0.133. The molecule has 98 valence electrons. The summed E-state index contributed by atoms with van der Waals surface area (Å²) in [5.74, 6) is -2.20. The summed E-state index contributed by atoms with van der Waals surface area (Å²) in [5, 5.41) is 9.37. The van der Waals surface area contributed by atoms with Crippen molar-refractivity contribution in [2.45, 2.75) is 12.8 Å². The van der Waals surface area contributed by atoms with Gasteiger partial charge in [0.15, 0.2) is 0 Å². The average Bonchev–Trinajstić information content (AvgIpc) is 2.38. The summed E-state index contributed by atoms with van der Waals surface area (Å²) in [6.07, 6.45) is 0. The van der Waals surface area contributed by atoms with Crippen molar-refractivity contribution in [2.24, 2.45) is 0 Å². The van der Waals surface area contributed by atoms with E-state index < -0.39 is 17.7 Å². The van der Waals surface area contributed by atoms with E-state index in [-0.39, 0.29) is 0 Å². The maximum absolute atomic E-state index is 14.1. The highest BCUT2D eigenvalue weighted by atomic mass is 35.5. The standard InChI is InChI=1S/C15H12ClFO2/c1-9(15(18)19)10-6-7-12(14(17)8-10)11-4-2-3-5-13(11)16/h2-9H,1H3,(H,18,19)/t9-/m0/s1. The van der Waals surface area contributed by atoms with E-state index in [1.165, 1.54) is 13.0 Å². The van der Waals surface area contributed by atoms with E-state index in [1.807, 2.05) is 0 Å². The molecule has 0 saturated heterocycles. The summed E-state index contributed by atoms with van der Waals surface area (Å²) in [6, 6.07) is 11.4. The van der Waals surface area contributed by atoms with Crippen LogP contribution in [0, 0.1) is 5.82 Å². The van der Waals surface area contributed by atoms with Crippen molar-refractivity contribution in [3.8, 4) is 11.1 Å². The number of hydrogen-bond acceptors (Lipinski definition) is 1. The summed E-state index contributed by atoms with van der Waals surface area (Å²) in [6.45, 7) is 1.52. The third-order valence-electron chi connectivity index (χ3n) is 3.03. The zero-order chi connectivity index (χ0) is 14.0. The van der Waals surface area contributed by atoms with Gasteiger partial charge in [-0.25, -0.2) is 4.39 Å². The first-order chi connectivity index (χ1) is 9.00. The molecule has 0 saturated carbocycles. The Morgan fingerprint density at radius 2 is 1.89 bits per heavy atom. The Kier molecular flexibility index (Phi) is 3.86. The van der Waals surface area contributed by atoms with Crippen molar-refractivity contribution in [3.63, 3.8) is 0 Å². The first-order valence-corrected chi connectivity index (χ1v) is 6.15. The number of carboxylic acids is 1. The topological polar surface area (TPSA) is 37.3 Å². The lowest BCUT2D eigenvalue weighted by molar-refractivity contribution is -0.138. The first-order valence-electron chi connectivity index (χ1n) is 5.78. The van der Waals surface area contributed by atoms with Gasteiger partial charge in [-0.2, -0.15) is 0 Å². The van der Waals surface area contributed by atoms with Gasteiger partial charge >= 0.3 is 5.97 Å². The van der Waals surface area contributed by atoms with Gasteiger partial charge in [0.2, 0.25) is 0 Å². The van der Waals surface area contributed by atoms with Crippen molar-refractivity contribution in [3.05, 3.63) is 58.9 Å². The zero-order valence-corrected chi connectivity index (χ0v) is 11.0. The summed E-state index contributed by atoms with van der Waals surface area (Å²) >= 11 is 6.02. The number of halogens is 2. The molecule has 0 fully saturated rings. The van der Waals surface area contributed by atoms with Gasteiger partial charge in [-0.3, -0.25) is 4.79 Å². The molecule has 0 aliphatic rings. The SMILES string of the molecule is C[C@H](C(=O)O)c1ccc(-c2ccccc2Cl)c(F)c1. The van der Waals surface area contributed by atoms with Crippen LogP contribution in [-0.2, 0) is 4.79 Å². The first kappa shape index (κ1) is 13.6. The minimum absolute atomic E-state index is 0.368. The van der Waals surface area contributed by atoms with Gasteiger partial charge in [0.1, 0.15) is 5.82 Å². The highest BCUT2D eigenvalue weighted by Crippen LogP contribution is 2.31. The van der Waals surface area contributed by atoms with Gasteiger partial charge in [-0.15, -0.1) is 0 Å². The van der Waals surface area contributed by atoms with Gasteiger partial charge in [-0.05, 0) is 24.6 Å². The van der Waals surface area contributed by atoms with Gasteiger partial charge < -0.3 is 5.11 Å². The predicted octanol–water partition coefficient (Wildman–Crippen LogP) is 4.33. The van der Waals surface area contributed by atoms with Crippen LogP contribution in [0.2, 0.25) is 5.02 Å². The van der Waals surface area contributed by atoms with Gasteiger partial charge in [0.05, 0.1) is 5.92 Å². The largest absolute Gasteiger partial charge is 0.481 e. The molecule has 0 amide bonds. The van der Waals surface area contributed by atoms with Crippen LogP contribution in [0.3, 0.4) is 0 Å². The van der Waals surface area contributed by atoms with Crippen LogP contribution >= 0.6 is 11.6 Å². The minimum Gasteiger partial charge on any atom is -0.481 e. The Hall–Kier alpha value is -1.87. The minimum atomic E-state index is -0.982. The van der Waals surface area contributed by atoms with Crippen LogP contribution in [0.5, 0.6) is 0 Å². The van der Waals surface area contributed by atoms with E-state index in [0.29, 0.717) is 21.7 Å². The molecular formula is C15H12ClFO2. The maximum atomic E-state index is 14.1. The molecule has 0 aliphatic carbocycles. The Labute approximate surface area is 115 Å². The Morgan fingerprint density at radius 1 is 1.21 bits per heavy atom. The van der Waals surface area contributed by atoms with Gasteiger partial charge in [0, 0.05) is 16.1 Å².